The molecule has 0 unspecified atom stereocenters. The molecule has 0 aliphatic carbocycles. The number of aryl methyl sites for hydroxylation is 1. The van der Waals surface area contributed by atoms with Gasteiger partial charge in [0.1, 0.15) is 5.69 Å². The fourth-order valence-electron chi connectivity index (χ4n) is 2.30. The zero-order chi connectivity index (χ0) is 13.2. The third-order valence-corrected chi connectivity index (χ3v) is 3.26. The Bertz CT molecular complexity index is 564. The van der Waals surface area contributed by atoms with E-state index < -0.39 is 0 Å². The van der Waals surface area contributed by atoms with Crippen molar-refractivity contribution >= 4 is 5.95 Å². The molecular formula is C13H18N6. The van der Waals surface area contributed by atoms with Crippen molar-refractivity contribution in [3.63, 3.8) is 0 Å². The summed E-state index contributed by atoms with van der Waals surface area (Å²) in [6.07, 6.45) is 0. The van der Waals surface area contributed by atoms with Gasteiger partial charge in [0, 0.05) is 31.4 Å². The molecule has 0 amide bonds. The number of nitrogens with one attached hydrogen (secondary N) is 2. The zero-order valence-corrected chi connectivity index (χ0v) is 11.2. The van der Waals surface area contributed by atoms with Gasteiger partial charge in [0.2, 0.25) is 5.95 Å². The molecule has 3 rings (SSSR count). The van der Waals surface area contributed by atoms with E-state index in [1.165, 1.54) is 0 Å². The van der Waals surface area contributed by atoms with Gasteiger partial charge in [0.15, 0.2) is 5.82 Å². The first kappa shape index (κ1) is 12.1. The molecule has 2 aromatic rings. The number of rotatable bonds is 2. The molecule has 3 heterocycles. The highest BCUT2D eigenvalue weighted by atomic mass is 15.4. The van der Waals surface area contributed by atoms with Crippen LogP contribution in [0.3, 0.4) is 0 Å². The van der Waals surface area contributed by atoms with E-state index in [-0.39, 0.29) is 0 Å². The molecule has 2 aromatic heterocycles. The van der Waals surface area contributed by atoms with Crippen LogP contribution in [-0.2, 0) is 0 Å². The molecule has 0 spiro atoms. The second-order valence-corrected chi connectivity index (χ2v) is 4.95. The van der Waals surface area contributed by atoms with E-state index >= 15 is 0 Å². The van der Waals surface area contributed by atoms with Crippen LogP contribution in [0.15, 0.2) is 18.2 Å². The number of piperazine rings is 1. The maximum atomic E-state index is 4.55. The third kappa shape index (κ3) is 2.58. The molecule has 0 bridgehead atoms. The molecule has 6 heteroatoms. The molecule has 6 nitrogen and oxygen atoms in total. The first-order chi connectivity index (χ1) is 9.22. The Balaban J connectivity index is 1.83. The average molecular weight is 258 g/mol. The van der Waals surface area contributed by atoms with E-state index in [1.807, 2.05) is 25.1 Å². The van der Waals surface area contributed by atoms with Gasteiger partial charge in [-0.15, -0.1) is 5.10 Å². The Kier molecular flexibility index (Phi) is 3.16. The third-order valence-electron chi connectivity index (χ3n) is 3.26. The van der Waals surface area contributed by atoms with Crippen LogP contribution in [0.4, 0.5) is 5.95 Å². The zero-order valence-electron chi connectivity index (χ0n) is 11.2. The van der Waals surface area contributed by atoms with Gasteiger partial charge in [-0.3, -0.25) is 5.10 Å². The van der Waals surface area contributed by atoms with Crippen molar-refractivity contribution in [2.45, 2.75) is 19.9 Å². The summed E-state index contributed by atoms with van der Waals surface area (Å²) >= 11 is 0. The summed E-state index contributed by atoms with van der Waals surface area (Å²) in [5.41, 5.74) is 1.81. The standard InChI is InChI=1S/C13H18N6/c1-9-4-3-5-11(15-9)12-16-13(18-17-12)19-7-6-14-10(2)8-19/h3-5,10,14H,6-8H2,1-2H3,(H,16,17,18)/t10-/m1/s1. The van der Waals surface area contributed by atoms with Crippen LogP contribution in [-0.4, -0.2) is 45.8 Å². The minimum absolute atomic E-state index is 0.466. The Morgan fingerprint density at radius 1 is 1.32 bits per heavy atom. The Morgan fingerprint density at radius 2 is 2.21 bits per heavy atom. The lowest BCUT2D eigenvalue weighted by Gasteiger charge is -2.30. The van der Waals surface area contributed by atoms with Crippen LogP contribution in [0.2, 0.25) is 0 Å². The van der Waals surface area contributed by atoms with E-state index in [1.54, 1.807) is 0 Å². The quantitative estimate of drug-likeness (QED) is 0.840. The SMILES string of the molecule is Cc1cccc(-c2nc(N3CCN[C@H](C)C3)n[nH]2)n1. The summed E-state index contributed by atoms with van der Waals surface area (Å²) in [6.45, 7) is 6.97. The molecule has 100 valence electrons. The predicted molar refractivity (Wildman–Crippen MR) is 74.0 cm³/mol. The minimum Gasteiger partial charge on any atom is -0.337 e. The van der Waals surface area contributed by atoms with Crippen molar-refractivity contribution in [3.05, 3.63) is 23.9 Å². The monoisotopic (exact) mass is 258 g/mol. The number of nitrogens with zero attached hydrogens (tertiary/aromatic N) is 4. The molecule has 2 N–H and O–H groups in total. The first-order valence-corrected chi connectivity index (χ1v) is 6.57. The predicted octanol–water partition coefficient (Wildman–Crippen LogP) is 0.973. The van der Waals surface area contributed by atoms with Crippen molar-refractivity contribution in [1.82, 2.24) is 25.5 Å². The van der Waals surface area contributed by atoms with Crippen molar-refractivity contribution < 1.29 is 0 Å². The number of H-pyrrole nitrogens is 1. The number of hydrogen-bond acceptors (Lipinski definition) is 5. The number of aromatic amines is 1. The number of anilines is 1. The second-order valence-electron chi connectivity index (χ2n) is 4.95. The summed E-state index contributed by atoms with van der Waals surface area (Å²) in [7, 11) is 0. The fraction of sp³-hybridized carbons (Fsp3) is 0.462. The molecule has 1 aliphatic heterocycles. The van der Waals surface area contributed by atoms with Gasteiger partial charge in [0.25, 0.3) is 0 Å². The lowest BCUT2D eigenvalue weighted by molar-refractivity contribution is 0.480. The lowest BCUT2D eigenvalue weighted by atomic mass is 10.2. The highest BCUT2D eigenvalue weighted by molar-refractivity contribution is 5.51. The summed E-state index contributed by atoms with van der Waals surface area (Å²) in [4.78, 5) is 11.2. The van der Waals surface area contributed by atoms with Gasteiger partial charge >= 0.3 is 0 Å². The van der Waals surface area contributed by atoms with Gasteiger partial charge in [0.05, 0.1) is 0 Å². The molecular weight excluding hydrogens is 240 g/mol. The van der Waals surface area contributed by atoms with E-state index in [0.717, 1.165) is 42.8 Å². The second kappa shape index (κ2) is 4.97. The molecule has 0 saturated carbocycles. The van der Waals surface area contributed by atoms with E-state index in [4.69, 9.17) is 0 Å². The fourth-order valence-corrected chi connectivity index (χ4v) is 2.30. The Morgan fingerprint density at radius 3 is 3.00 bits per heavy atom. The highest BCUT2D eigenvalue weighted by Gasteiger charge is 2.19. The van der Waals surface area contributed by atoms with Crippen LogP contribution in [0.5, 0.6) is 0 Å². The molecule has 19 heavy (non-hydrogen) atoms. The van der Waals surface area contributed by atoms with Crippen molar-refractivity contribution in [2.75, 3.05) is 24.5 Å². The highest BCUT2D eigenvalue weighted by Crippen LogP contribution is 2.16. The maximum Gasteiger partial charge on any atom is 0.245 e. The first-order valence-electron chi connectivity index (χ1n) is 6.57. The van der Waals surface area contributed by atoms with E-state index in [0.29, 0.717) is 6.04 Å². The summed E-state index contributed by atoms with van der Waals surface area (Å²) in [5.74, 6) is 1.48. The summed E-state index contributed by atoms with van der Waals surface area (Å²) < 4.78 is 0. The van der Waals surface area contributed by atoms with Crippen LogP contribution in [0, 0.1) is 6.92 Å². The molecule has 0 radical (unpaired) electrons. The van der Waals surface area contributed by atoms with Crippen molar-refractivity contribution in [2.24, 2.45) is 0 Å². The maximum absolute atomic E-state index is 4.55. The smallest absolute Gasteiger partial charge is 0.245 e. The van der Waals surface area contributed by atoms with Gasteiger partial charge in [-0.2, -0.15) is 4.98 Å². The van der Waals surface area contributed by atoms with Gasteiger partial charge in [-0.1, -0.05) is 6.07 Å². The summed E-state index contributed by atoms with van der Waals surface area (Å²) in [5, 5.41) is 10.7. The Labute approximate surface area is 112 Å². The van der Waals surface area contributed by atoms with Crippen LogP contribution in [0.1, 0.15) is 12.6 Å². The van der Waals surface area contributed by atoms with Crippen LogP contribution in [0.25, 0.3) is 11.5 Å². The molecule has 1 fully saturated rings. The van der Waals surface area contributed by atoms with E-state index in [2.05, 4.69) is 37.3 Å². The number of hydrogen-bond donors (Lipinski definition) is 2. The molecule has 1 aliphatic rings. The van der Waals surface area contributed by atoms with Crippen LogP contribution >= 0.6 is 0 Å². The van der Waals surface area contributed by atoms with E-state index in [9.17, 15) is 0 Å². The number of aromatic nitrogens is 4. The van der Waals surface area contributed by atoms with Crippen LogP contribution < -0.4 is 10.2 Å². The number of pyridine rings is 1. The van der Waals surface area contributed by atoms with Gasteiger partial charge < -0.3 is 10.2 Å². The lowest BCUT2D eigenvalue weighted by Crippen LogP contribution is -2.49. The minimum atomic E-state index is 0.466. The largest absolute Gasteiger partial charge is 0.337 e. The van der Waals surface area contributed by atoms with Gasteiger partial charge in [-0.05, 0) is 26.0 Å². The average Bonchev–Trinajstić information content (AvgIpc) is 2.88. The van der Waals surface area contributed by atoms with Gasteiger partial charge in [-0.25, -0.2) is 4.98 Å². The molecule has 1 atom stereocenters. The topological polar surface area (TPSA) is 69.7 Å². The van der Waals surface area contributed by atoms with Crippen molar-refractivity contribution in [1.29, 1.82) is 0 Å². The van der Waals surface area contributed by atoms with Crippen molar-refractivity contribution in [3.8, 4) is 11.5 Å². The normalized spacial score (nSPS) is 19.7. The molecule has 0 aromatic carbocycles. The summed E-state index contributed by atoms with van der Waals surface area (Å²) in [6, 6.07) is 6.36. The Hall–Kier alpha value is -1.95. The molecule has 1 saturated heterocycles.